The van der Waals surface area contributed by atoms with Crippen molar-refractivity contribution < 1.29 is 18.9 Å². The maximum absolute atomic E-state index is 6.06. The lowest BCUT2D eigenvalue weighted by Crippen LogP contribution is -2.33. The zero-order valence-corrected chi connectivity index (χ0v) is 18.8. The van der Waals surface area contributed by atoms with E-state index in [1.54, 1.807) is 27.4 Å². The molecule has 0 spiro atoms. The summed E-state index contributed by atoms with van der Waals surface area (Å²) in [6.07, 6.45) is 0.973. The van der Waals surface area contributed by atoms with Gasteiger partial charge in [-0.25, -0.2) is 4.98 Å². The van der Waals surface area contributed by atoms with Crippen LogP contribution in [0.1, 0.15) is 11.1 Å². The average molecular weight is 436 g/mol. The number of pyridine rings is 1. The Hall–Kier alpha value is -3.45. The summed E-state index contributed by atoms with van der Waals surface area (Å²) in [4.78, 5) is 6.75. The van der Waals surface area contributed by atoms with E-state index < -0.39 is 0 Å². The molecule has 0 radical (unpaired) electrons. The van der Waals surface area contributed by atoms with Gasteiger partial charge in [-0.05, 0) is 60.0 Å². The van der Waals surface area contributed by atoms with Crippen molar-refractivity contribution in [2.45, 2.75) is 13.0 Å². The van der Waals surface area contributed by atoms with Crippen molar-refractivity contribution in [3.05, 3.63) is 59.7 Å². The predicted molar refractivity (Wildman–Crippen MR) is 125 cm³/mol. The molecule has 2 N–H and O–H groups in total. The summed E-state index contributed by atoms with van der Waals surface area (Å²) in [5, 5.41) is 0. The highest BCUT2D eigenvalue weighted by molar-refractivity contribution is 5.65. The number of nitrogens with two attached hydrogens (primary N) is 1. The topological polar surface area (TPSA) is 79.1 Å². The van der Waals surface area contributed by atoms with E-state index >= 15 is 0 Å². The molecule has 2 aromatic carbocycles. The van der Waals surface area contributed by atoms with Gasteiger partial charge < -0.3 is 24.7 Å². The van der Waals surface area contributed by atoms with E-state index in [9.17, 15) is 0 Å². The number of aromatic nitrogens is 1. The van der Waals surface area contributed by atoms with Gasteiger partial charge in [0.15, 0.2) is 23.0 Å². The standard InChI is InChI=1S/C25H29N3O4/c1-29-22-14-18(20-5-4-6-25(26)27-20)7-8-21(22)32-12-11-28-10-9-17-13-23(30-2)24(31-3)15-19(17)16-28/h4-8,13-15H,9-12,16H2,1-3H3,(H2,26,27). The van der Waals surface area contributed by atoms with Gasteiger partial charge in [0.2, 0.25) is 0 Å². The van der Waals surface area contributed by atoms with E-state index in [2.05, 4.69) is 22.0 Å². The number of methoxy groups -OCH3 is 3. The lowest BCUT2D eigenvalue weighted by Gasteiger charge is -2.29. The number of ether oxygens (including phenoxy) is 4. The highest BCUT2D eigenvalue weighted by Crippen LogP contribution is 2.34. The molecule has 4 rings (SSSR count). The third-order valence-corrected chi connectivity index (χ3v) is 5.69. The van der Waals surface area contributed by atoms with Crippen LogP contribution in [0.25, 0.3) is 11.3 Å². The molecule has 0 unspecified atom stereocenters. The second-order valence-corrected chi connectivity index (χ2v) is 7.66. The van der Waals surface area contributed by atoms with Gasteiger partial charge in [0.05, 0.1) is 27.0 Å². The Balaban J connectivity index is 1.38. The van der Waals surface area contributed by atoms with Crippen LogP contribution in [0.3, 0.4) is 0 Å². The molecule has 3 aromatic rings. The van der Waals surface area contributed by atoms with Gasteiger partial charge in [0, 0.05) is 25.2 Å². The number of benzene rings is 2. The number of fused-ring (bicyclic) bond motifs is 1. The Bertz CT molecular complexity index is 1090. The maximum Gasteiger partial charge on any atom is 0.161 e. The molecule has 1 aliphatic heterocycles. The molecule has 2 heterocycles. The highest BCUT2D eigenvalue weighted by atomic mass is 16.5. The molecular weight excluding hydrogens is 406 g/mol. The predicted octanol–water partition coefficient (Wildman–Crippen LogP) is 3.79. The fraction of sp³-hybridized carbons (Fsp3) is 0.320. The van der Waals surface area contributed by atoms with Crippen LogP contribution in [-0.4, -0.2) is 50.9 Å². The molecule has 0 fully saturated rings. The normalized spacial score (nSPS) is 13.3. The fourth-order valence-corrected chi connectivity index (χ4v) is 3.98. The van der Waals surface area contributed by atoms with Gasteiger partial charge >= 0.3 is 0 Å². The van der Waals surface area contributed by atoms with E-state index in [0.29, 0.717) is 23.9 Å². The van der Waals surface area contributed by atoms with Crippen LogP contribution in [0.4, 0.5) is 5.82 Å². The lowest BCUT2D eigenvalue weighted by molar-refractivity contribution is 0.192. The van der Waals surface area contributed by atoms with Crippen molar-refractivity contribution in [1.82, 2.24) is 9.88 Å². The second-order valence-electron chi connectivity index (χ2n) is 7.66. The fourth-order valence-electron chi connectivity index (χ4n) is 3.98. The van der Waals surface area contributed by atoms with Gasteiger partial charge in [-0.3, -0.25) is 4.90 Å². The molecule has 0 saturated carbocycles. The first-order chi connectivity index (χ1) is 15.6. The smallest absolute Gasteiger partial charge is 0.161 e. The van der Waals surface area contributed by atoms with Gasteiger partial charge in [-0.1, -0.05) is 6.07 Å². The zero-order chi connectivity index (χ0) is 22.5. The molecule has 0 bridgehead atoms. The molecule has 0 aliphatic carbocycles. The Morgan fingerprint density at radius 1 is 0.875 bits per heavy atom. The molecular formula is C25H29N3O4. The summed E-state index contributed by atoms with van der Waals surface area (Å²) in [5.41, 5.74) is 10.1. The Kier molecular flexibility index (Phi) is 6.66. The van der Waals surface area contributed by atoms with Crippen molar-refractivity contribution in [2.75, 3.05) is 46.8 Å². The number of rotatable bonds is 8. The van der Waals surface area contributed by atoms with Crippen LogP contribution in [0.15, 0.2) is 48.5 Å². The third kappa shape index (κ3) is 4.73. The molecule has 0 amide bonds. The van der Waals surface area contributed by atoms with E-state index in [1.165, 1.54) is 11.1 Å². The van der Waals surface area contributed by atoms with Crippen LogP contribution < -0.4 is 24.7 Å². The van der Waals surface area contributed by atoms with Gasteiger partial charge in [-0.2, -0.15) is 0 Å². The molecule has 1 aromatic heterocycles. The SMILES string of the molecule is COc1cc2c(cc1OC)CN(CCOc1ccc(-c3cccc(N)n3)cc1OC)CC2. The van der Waals surface area contributed by atoms with Crippen molar-refractivity contribution >= 4 is 5.82 Å². The molecule has 7 heteroatoms. The van der Waals surface area contributed by atoms with Crippen LogP contribution >= 0.6 is 0 Å². The van der Waals surface area contributed by atoms with Crippen molar-refractivity contribution in [3.63, 3.8) is 0 Å². The summed E-state index contributed by atoms with van der Waals surface area (Å²) in [5.74, 6) is 3.42. The number of nitrogens with zero attached hydrogens (tertiary/aromatic N) is 2. The number of hydrogen-bond donors (Lipinski definition) is 1. The molecule has 32 heavy (non-hydrogen) atoms. The first kappa shape index (κ1) is 21.8. The summed E-state index contributed by atoms with van der Waals surface area (Å²) >= 11 is 0. The molecule has 168 valence electrons. The largest absolute Gasteiger partial charge is 0.493 e. The van der Waals surface area contributed by atoms with Crippen LogP contribution in [0, 0.1) is 0 Å². The number of anilines is 1. The Morgan fingerprint density at radius 2 is 1.59 bits per heavy atom. The third-order valence-electron chi connectivity index (χ3n) is 5.69. The van der Waals surface area contributed by atoms with Crippen molar-refractivity contribution in [1.29, 1.82) is 0 Å². The first-order valence-corrected chi connectivity index (χ1v) is 10.6. The maximum atomic E-state index is 6.06. The summed E-state index contributed by atoms with van der Waals surface area (Å²) in [6, 6.07) is 15.5. The zero-order valence-electron chi connectivity index (χ0n) is 18.8. The average Bonchev–Trinajstić information content (AvgIpc) is 2.83. The summed E-state index contributed by atoms with van der Waals surface area (Å²) in [6.45, 7) is 3.21. The molecule has 0 atom stereocenters. The first-order valence-electron chi connectivity index (χ1n) is 10.6. The number of nitrogen functional groups attached to an aromatic ring is 1. The van der Waals surface area contributed by atoms with Crippen molar-refractivity contribution in [3.8, 4) is 34.3 Å². The van der Waals surface area contributed by atoms with E-state index in [1.807, 2.05) is 30.3 Å². The van der Waals surface area contributed by atoms with E-state index in [-0.39, 0.29) is 0 Å². The lowest BCUT2D eigenvalue weighted by atomic mass is 9.99. The van der Waals surface area contributed by atoms with Crippen LogP contribution in [0.2, 0.25) is 0 Å². The Labute approximate surface area is 188 Å². The second kappa shape index (κ2) is 9.78. The van der Waals surface area contributed by atoms with Crippen LogP contribution in [0.5, 0.6) is 23.0 Å². The molecule has 1 aliphatic rings. The quantitative estimate of drug-likeness (QED) is 0.577. The molecule has 7 nitrogen and oxygen atoms in total. The minimum Gasteiger partial charge on any atom is -0.493 e. The van der Waals surface area contributed by atoms with E-state index in [4.69, 9.17) is 24.7 Å². The minimum absolute atomic E-state index is 0.487. The van der Waals surface area contributed by atoms with Crippen molar-refractivity contribution in [2.24, 2.45) is 0 Å². The highest BCUT2D eigenvalue weighted by Gasteiger charge is 2.19. The summed E-state index contributed by atoms with van der Waals surface area (Å²) in [7, 11) is 4.98. The van der Waals surface area contributed by atoms with Crippen LogP contribution in [-0.2, 0) is 13.0 Å². The Morgan fingerprint density at radius 3 is 2.31 bits per heavy atom. The van der Waals surface area contributed by atoms with Gasteiger partial charge in [0.25, 0.3) is 0 Å². The monoisotopic (exact) mass is 435 g/mol. The molecule has 0 saturated heterocycles. The van der Waals surface area contributed by atoms with Gasteiger partial charge in [0.1, 0.15) is 12.4 Å². The van der Waals surface area contributed by atoms with E-state index in [0.717, 1.165) is 48.8 Å². The number of hydrogen-bond acceptors (Lipinski definition) is 7. The minimum atomic E-state index is 0.487. The summed E-state index contributed by atoms with van der Waals surface area (Å²) < 4.78 is 22.5. The van der Waals surface area contributed by atoms with Gasteiger partial charge in [-0.15, -0.1) is 0 Å².